The lowest BCUT2D eigenvalue weighted by molar-refractivity contribution is -0.143. The summed E-state index contributed by atoms with van der Waals surface area (Å²) in [5.41, 5.74) is 0. The molecule has 1 N–H and O–H groups in total. The van der Waals surface area contributed by atoms with Crippen LogP contribution in [0.3, 0.4) is 0 Å². The Kier molecular flexibility index (Phi) is 4.68. The number of carboxylic acids is 1. The maximum absolute atomic E-state index is 12.4. The molecule has 0 radical (unpaired) electrons. The fraction of sp³-hybridized carbons (Fsp3) is 0.867. The molecule has 0 saturated carbocycles. The molecule has 2 fully saturated rings. The third kappa shape index (κ3) is 3.32. The number of hydrogen-bond donors (Lipinski definition) is 1. The zero-order valence-corrected chi connectivity index (χ0v) is 12.7. The summed E-state index contributed by atoms with van der Waals surface area (Å²) in [5.74, 6) is 0.201. The van der Waals surface area contributed by atoms with Crippen molar-refractivity contribution >= 4 is 11.9 Å². The highest BCUT2D eigenvalue weighted by atomic mass is 16.4. The van der Waals surface area contributed by atoms with Crippen molar-refractivity contribution in [3.8, 4) is 0 Å². The van der Waals surface area contributed by atoms with Crippen LogP contribution < -0.4 is 0 Å². The van der Waals surface area contributed by atoms with E-state index < -0.39 is 5.97 Å². The summed E-state index contributed by atoms with van der Waals surface area (Å²) in [7, 11) is 0. The second-order valence-electron chi connectivity index (χ2n) is 6.69. The number of nitrogens with zero attached hydrogens (tertiary/aromatic N) is 2. The number of carbonyl (C=O) groups excluding carboxylic acids is 1. The fourth-order valence-electron chi connectivity index (χ4n) is 3.70. The van der Waals surface area contributed by atoms with Crippen LogP contribution in [0.15, 0.2) is 0 Å². The first-order valence-corrected chi connectivity index (χ1v) is 7.63. The van der Waals surface area contributed by atoms with Crippen molar-refractivity contribution < 1.29 is 14.7 Å². The van der Waals surface area contributed by atoms with Crippen molar-refractivity contribution in [2.45, 2.75) is 39.7 Å². The highest BCUT2D eigenvalue weighted by Gasteiger charge is 2.37. The molecule has 0 aromatic heterocycles. The Morgan fingerprint density at radius 2 is 1.75 bits per heavy atom. The van der Waals surface area contributed by atoms with Gasteiger partial charge in [-0.05, 0) is 38.1 Å². The Morgan fingerprint density at radius 1 is 1.15 bits per heavy atom. The van der Waals surface area contributed by atoms with Gasteiger partial charge >= 0.3 is 5.97 Å². The molecule has 114 valence electrons. The zero-order chi connectivity index (χ0) is 14.9. The smallest absolute Gasteiger partial charge is 0.308 e. The Morgan fingerprint density at radius 3 is 2.25 bits per heavy atom. The van der Waals surface area contributed by atoms with E-state index in [9.17, 15) is 9.59 Å². The molecule has 5 nitrogen and oxygen atoms in total. The number of aliphatic carboxylic acids is 1. The quantitative estimate of drug-likeness (QED) is 0.847. The van der Waals surface area contributed by atoms with Crippen LogP contribution >= 0.6 is 0 Å². The molecule has 2 saturated heterocycles. The number of piperidine rings is 1. The van der Waals surface area contributed by atoms with Crippen molar-refractivity contribution in [2.75, 3.05) is 26.2 Å². The van der Waals surface area contributed by atoms with E-state index in [4.69, 9.17) is 5.11 Å². The van der Waals surface area contributed by atoms with Crippen LogP contribution in [0, 0.1) is 17.8 Å². The maximum atomic E-state index is 12.4. The van der Waals surface area contributed by atoms with Crippen LogP contribution in [-0.4, -0.2) is 59.0 Å². The van der Waals surface area contributed by atoms with Gasteiger partial charge in [0.25, 0.3) is 0 Å². The van der Waals surface area contributed by atoms with Crippen LogP contribution in [-0.2, 0) is 9.59 Å². The van der Waals surface area contributed by atoms with Crippen LogP contribution in [0.1, 0.15) is 33.6 Å². The molecular formula is C15H26N2O3. The average molecular weight is 282 g/mol. The summed E-state index contributed by atoms with van der Waals surface area (Å²) in [5, 5.41) is 9.13. The molecule has 4 atom stereocenters. The van der Waals surface area contributed by atoms with E-state index in [2.05, 4.69) is 13.8 Å². The van der Waals surface area contributed by atoms with Crippen molar-refractivity contribution in [1.82, 2.24) is 9.80 Å². The van der Waals surface area contributed by atoms with E-state index in [1.165, 1.54) is 6.42 Å². The SMILES string of the molecule is CC1CC(C)CN(C(=O)CN2CCC(C(=O)O)C2C)C1. The molecule has 0 spiro atoms. The van der Waals surface area contributed by atoms with Crippen molar-refractivity contribution in [3.63, 3.8) is 0 Å². The second kappa shape index (κ2) is 6.12. The van der Waals surface area contributed by atoms with Gasteiger partial charge in [-0.1, -0.05) is 13.8 Å². The first-order valence-electron chi connectivity index (χ1n) is 7.63. The van der Waals surface area contributed by atoms with Gasteiger partial charge in [0.05, 0.1) is 12.5 Å². The Balaban J connectivity index is 1.90. The Labute approximate surface area is 120 Å². The molecule has 2 rings (SSSR count). The summed E-state index contributed by atoms with van der Waals surface area (Å²) in [6.45, 7) is 9.05. The van der Waals surface area contributed by atoms with Crippen molar-refractivity contribution in [2.24, 2.45) is 17.8 Å². The van der Waals surface area contributed by atoms with E-state index in [0.717, 1.165) is 13.1 Å². The molecule has 0 aromatic rings. The standard InChI is InChI=1S/C15H26N2O3/c1-10-6-11(2)8-17(7-10)14(18)9-16-5-4-13(12(16)3)15(19)20/h10-13H,4-9H2,1-3H3,(H,19,20). The van der Waals surface area contributed by atoms with E-state index in [0.29, 0.717) is 31.3 Å². The van der Waals surface area contributed by atoms with Crippen LogP contribution in [0.4, 0.5) is 0 Å². The second-order valence-corrected chi connectivity index (χ2v) is 6.69. The van der Waals surface area contributed by atoms with Crippen molar-refractivity contribution in [1.29, 1.82) is 0 Å². The molecule has 2 aliphatic rings. The largest absolute Gasteiger partial charge is 0.481 e. The van der Waals surface area contributed by atoms with Gasteiger partial charge in [0.2, 0.25) is 5.91 Å². The normalized spacial score (nSPS) is 35.2. The first-order chi connectivity index (χ1) is 9.38. The number of amides is 1. The number of hydrogen-bond acceptors (Lipinski definition) is 3. The highest BCUT2D eigenvalue weighted by Crippen LogP contribution is 2.25. The predicted molar refractivity (Wildman–Crippen MR) is 76.3 cm³/mol. The molecule has 4 unspecified atom stereocenters. The van der Waals surface area contributed by atoms with Gasteiger partial charge in [-0.15, -0.1) is 0 Å². The summed E-state index contributed by atoms with van der Waals surface area (Å²) >= 11 is 0. The molecule has 0 aromatic carbocycles. The number of likely N-dealkylation sites (tertiary alicyclic amines) is 2. The lowest BCUT2D eigenvalue weighted by Crippen LogP contribution is -2.48. The summed E-state index contributed by atoms with van der Waals surface area (Å²) in [6.07, 6.45) is 1.83. The van der Waals surface area contributed by atoms with E-state index >= 15 is 0 Å². The van der Waals surface area contributed by atoms with Gasteiger partial charge in [0.1, 0.15) is 0 Å². The molecular weight excluding hydrogens is 256 g/mol. The summed E-state index contributed by atoms with van der Waals surface area (Å²) < 4.78 is 0. The predicted octanol–water partition coefficient (Wildman–Crippen LogP) is 1.29. The Bertz CT molecular complexity index is 375. The van der Waals surface area contributed by atoms with Crippen LogP contribution in [0.2, 0.25) is 0 Å². The Hall–Kier alpha value is -1.10. The summed E-state index contributed by atoms with van der Waals surface area (Å²) in [6, 6.07) is -0.0453. The number of carbonyl (C=O) groups is 2. The molecule has 2 heterocycles. The summed E-state index contributed by atoms with van der Waals surface area (Å²) in [4.78, 5) is 27.5. The van der Waals surface area contributed by atoms with Gasteiger partial charge in [0, 0.05) is 19.1 Å². The first kappa shape index (κ1) is 15.3. The monoisotopic (exact) mass is 282 g/mol. The van der Waals surface area contributed by atoms with Gasteiger partial charge in [0.15, 0.2) is 0 Å². The number of carboxylic acid groups (broad SMARTS) is 1. The average Bonchev–Trinajstić information content (AvgIpc) is 2.70. The van der Waals surface area contributed by atoms with Gasteiger partial charge in [-0.3, -0.25) is 14.5 Å². The van der Waals surface area contributed by atoms with Gasteiger partial charge in [-0.25, -0.2) is 0 Å². The van der Waals surface area contributed by atoms with E-state index in [-0.39, 0.29) is 17.9 Å². The lowest BCUT2D eigenvalue weighted by Gasteiger charge is -2.36. The van der Waals surface area contributed by atoms with E-state index in [1.807, 2.05) is 16.7 Å². The van der Waals surface area contributed by atoms with E-state index in [1.54, 1.807) is 0 Å². The minimum absolute atomic E-state index is 0.0453. The third-order valence-electron chi connectivity index (χ3n) is 4.76. The zero-order valence-electron chi connectivity index (χ0n) is 12.7. The topological polar surface area (TPSA) is 60.9 Å². The lowest BCUT2D eigenvalue weighted by atomic mass is 9.92. The highest BCUT2D eigenvalue weighted by molar-refractivity contribution is 5.79. The van der Waals surface area contributed by atoms with Crippen molar-refractivity contribution in [3.05, 3.63) is 0 Å². The van der Waals surface area contributed by atoms with Crippen LogP contribution in [0.5, 0.6) is 0 Å². The van der Waals surface area contributed by atoms with Gasteiger partial charge < -0.3 is 10.0 Å². The van der Waals surface area contributed by atoms with Crippen LogP contribution in [0.25, 0.3) is 0 Å². The minimum Gasteiger partial charge on any atom is -0.481 e. The third-order valence-corrected chi connectivity index (χ3v) is 4.76. The molecule has 0 bridgehead atoms. The minimum atomic E-state index is -0.743. The number of rotatable bonds is 3. The molecule has 2 aliphatic heterocycles. The molecule has 1 amide bonds. The maximum Gasteiger partial charge on any atom is 0.308 e. The fourth-order valence-corrected chi connectivity index (χ4v) is 3.70. The van der Waals surface area contributed by atoms with Gasteiger partial charge in [-0.2, -0.15) is 0 Å². The molecule has 0 aliphatic carbocycles. The molecule has 20 heavy (non-hydrogen) atoms. The molecule has 5 heteroatoms.